The molecule has 0 amide bonds. The second-order valence-corrected chi connectivity index (χ2v) is 3.77. The average Bonchev–Trinajstić information content (AvgIpc) is 2.11. The number of rotatable bonds is 1. The maximum Gasteiger partial charge on any atom is 0.188 e. The summed E-state index contributed by atoms with van der Waals surface area (Å²) in [7, 11) is 0. The quantitative estimate of drug-likeness (QED) is 0.726. The highest BCUT2D eigenvalue weighted by Crippen LogP contribution is 2.41. The minimum Gasteiger partial charge on any atom is -0.503 e. The van der Waals surface area contributed by atoms with Gasteiger partial charge in [0.25, 0.3) is 0 Å². The Hall–Kier alpha value is -1.16. The van der Waals surface area contributed by atoms with E-state index in [1.165, 1.54) is 6.07 Å². The van der Waals surface area contributed by atoms with Gasteiger partial charge in [0.1, 0.15) is 0 Å². The van der Waals surface area contributed by atoms with Gasteiger partial charge in [-0.25, -0.2) is 8.78 Å². The van der Waals surface area contributed by atoms with Gasteiger partial charge < -0.3 is 10.8 Å². The Balaban J connectivity index is 2.49. The largest absolute Gasteiger partial charge is 0.503 e. The molecule has 1 aromatic rings. The minimum absolute atomic E-state index is 0.211. The molecule has 76 valence electrons. The van der Waals surface area contributed by atoms with Crippen LogP contribution < -0.4 is 5.73 Å². The van der Waals surface area contributed by atoms with Crippen LogP contribution in [0, 0.1) is 11.6 Å². The molecule has 3 N–H and O–H groups in total. The van der Waals surface area contributed by atoms with Crippen LogP contribution in [0.2, 0.25) is 0 Å². The first kappa shape index (κ1) is 9.40. The van der Waals surface area contributed by atoms with Gasteiger partial charge in [0.15, 0.2) is 17.4 Å². The van der Waals surface area contributed by atoms with Crippen molar-refractivity contribution in [3.63, 3.8) is 0 Å². The predicted octanol–water partition coefficient (Wildman–Crippen LogP) is 2.01. The number of nitrogens with two attached hydrogens (primary N) is 1. The average molecular weight is 199 g/mol. The fourth-order valence-corrected chi connectivity index (χ4v) is 1.75. The van der Waals surface area contributed by atoms with E-state index in [0.717, 1.165) is 12.5 Å². The Morgan fingerprint density at radius 3 is 2.43 bits per heavy atom. The van der Waals surface area contributed by atoms with Crippen molar-refractivity contribution < 1.29 is 13.9 Å². The molecule has 0 bridgehead atoms. The molecule has 4 heteroatoms. The van der Waals surface area contributed by atoms with Crippen molar-refractivity contribution in [1.82, 2.24) is 0 Å². The molecule has 0 radical (unpaired) electrons. The first-order valence-electron chi connectivity index (χ1n) is 4.51. The van der Waals surface area contributed by atoms with Crippen molar-refractivity contribution in [3.05, 3.63) is 29.3 Å². The molecule has 1 aliphatic rings. The van der Waals surface area contributed by atoms with Crippen LogP contribution in [-0.4, -0.2) is 5.11 Å². The van der Waals surface area contributed by atoms with Crippen molar-refractivity contribution in [2.24, 2.45) is 5.73 Å². The van der Waals surface area contributed by atoms with Crippen LogP contribution in [0.15, 0.2) is 12.1 Å². The second kappa shape index (κ2) is 2.92. The number of phenols is 1. The summed E-state index contributed by atoms with van der Waals surface area (Å²) >= 11 is 0. The van der Waals surface area contributed by atoms with Gasteiger partial charge in [-0.3, -0.25) is 0 Å². The van der Waals surface area contributed by atoms with Gasteiger partial charge in [-0.2, -0.15) is 0 Å². The Morgan fingerprint density at radius 2 is 1.93 bits per heavy atom. The Kier molecular flexibility index (Phi) is 1.96. The molecule has 0 saturated heterocycles. The zero-order valence-electron chi connectivity index (χ0n) is 7.56. The molecule has 1 aliphatic carbocycles. The molecule has 2 nitrogen and oxygen atoms in total. The lowest BCUT2D eigenvalue weighted by atomic mass is 9.72. The van der Waals surface area contributed by atoms with E-state index < -0.39 is 22.9 Å². The van der Waals surface area contributed by atoms with E-state index in [2.05, 4.69) is 0 Å². The lowest BCUT2D eigenvalue weighted by molar-refractivity contribution is 0.241. The molecular weight excluding hydrogens is 188 g/mol. The van der Waals surface area contributed by atoms with Gasteiger partial charge in [0.05, 0.1) is 0 Å². The van der Waals surface area contributed by atoms with Crippen molar-refractivity contribution in [2.45, 2.75) is 24.8 Å². The smallest absolute Gasteiger partial charge is 0.188 e. The molecule has 1 aromatic carbocycles. The van der Waals surface area contributed by atoms with Gasteiger partial charge >= 0.3 is 0 Å². The second-order valence-electron chi connectivity index (χ2n) is 3.77. The van der Waals surface area contributed by atoms with Crippen LogP contribution in [0.4, 0.5) is 8.78 Å². The predicted molar refractivity (Wildman–Crippen MR) is 47.7 cm³/mol. The maximum atomic E-state index is 13.4. The highest BCUT2D eigenvalue weighted by Gasteiger charge is 2.37. The van der Waals surface area contributed by atoms with Gasteiger partial charge in [-0.15, -0.1) is 0 Å². The third-order valence-electron chi connectivity index (χ3n) is 2.85. The Labute approximate surface area is 80.4 Å². The van der Waals surface area contributed by atoms with Crippen LogP contribution in [0.3, 0.4) is 0 Å². The zero-order valence-corrected chi connectivity index (χ0v) is 7.56. The van der Waals surface area contributed by atoms with Crippen LogP contribution in [0.1, 0.15) is 24.8 Å². The summed E-state index contributed by atoms with van der Waals surface area (Å²) < 4.78 is 26.1. The molecule has 0 aliphatic heterocycles. The number of halogens is 2. The van der Waals surface area contributed by atoms with Crippen molar-refractivity contribution >= 4 is 0 Å². The molecule has 1 saturated carbocycles. The van der Waals surface area contributed by atoms with Crippen LogP contribution >= 0.6 is 0 Å². The normalized spacial score (nSPS) is 19.1. The lowest BCUT2D eigenvalue weighted by Crippen LogP contribution is -2.44. The van der Waals surface area contributed by atoms with E-state index in [-0.39, 0.29) is 5.56 Å². The van der Waals surface area contributed by atoms with Gasteiger partial charge in [0.2, 0.25) is 0 Å². The van der Waals surface area contributed by atoms with E-state index in [0.29, 0.717) is 12.8 Å². The highest BCUT2D eigenvalue weighted by atomic mass is 19.1. The number of hydrogen-bond acceptors (Lipinski definition) is 2. The minimum atomic E-state index is -0.950. The number of phenolic OH excluding ortho intramolecular Hbond substituents is 1. The summed E-state index contributed by atoms with van der Waals surface area (Å²) in [6.07, 6.45) is 2.29. The highest BCUT2D eigenvalue weighted by molar-refractivity contribution is 5.37. The first-order chi connectivity index (χ1) is 6.54. The monoisotopic (exact) mass is 199 g/mol. The van der Waals surface area contributed by atoms with E-state index in [1.807, 2.05) is 0 Å². The maximum absolute atomic E-state index is 13.4. The van der Waals surface area contributed by atoms with Gasteiger partial charge in [-0.05, 0) is 25.3 Å². The lowest BCUT2D eigenvalue weighted by Gasteiger charge is -2.38. The summed E-state index contributed by atoms with van der Waals surface area (Å²) in [6.45, 7) is 0. The summed E-state index contributed by atoms with van der Waals surface area (Å²) in [5.74, 6) is -2.81. The molecule has 2 rings (SSSR count). The van der Waals surface area contributed by atoms with E-state index in [9.17, 15) is 8.78 Å². The van der Waals surface area contributed by atoms with Crippen molar-refractivity contribution in [3.8, 4) is 5.75 Å². The molecule has 14 heavy (non-hydrogen) atoms. The molecular formula is C10H11F2NO. The molecule has 0 aromatic heterocycles. The fraction of sp³-hybridized carbons (Fsp3) is 0.400. The first-order valence-corrected chi connectivity index (χ1v) is 4.51. The molecule has 0 unspecified atom stereocenters. The number of benzene rings is 1. The molecule has 0 atom stereocenters. The third-order valence-corrected chi connectivity index (χ3v) is 2.85. The van der Waals surface area contributed by atoms with Gasteiger partial charge in [0, 0.05) is 11.1 Å². The Morgan fingerprint density at radius 1 is 1.29 bits per heavy atom. The standard InChI is InChI=1S/C10H11F2NO/c11-7-3-2-6(8(12)9(7)14)10(13)4-1-5-10/h2-3,14H,1,4-5,13H2. The number of aromatic hydroxyl groups is 1. The Bertz CT molecular complexity index is 375. The summed E-state index contributed by atoms with van der Waals surface area (Å²) in [6, 6.07) is 2.35. The van der Waals surface area contributed by atoms with Crippen LogP contribution in [0.5, 0.6) is 5.75 Å². The third kappa shape index (κ3) is 1.18. The molecule has 0 heterocycles. The zero-order chi connectivity index (χ0) is 10.3. The molecule has 1 fully saturated rings. The van der Waals surface area contributed by atoms with E-state index in [1.54, 1.807) is 0 Å². The van der Waals surface area contributed by atoms with Gasteiger partial charge in [-0.1, -0.05) is 6.07 Å². The summed E-state index contributed by atoms with van der Waals surface area (Å²) in [4.78, 5) is 0. The fourth-order valence-electron chi connectivity index (χ4n) is 1.75. The SMILES string of the molecule is NC1(c2ccc(F)c(O)c2F)CCC1. The number of hydrogen-bond donors (Lipinski definition) is 2. The van der Waals surface area contributed by atoms with Crippen molar-refractivity contribution in [1.29, 1.82) is 0 Å². The molecule has 0 spiro atoms. The summed E-state index contributed by atoms with van der Waals surface area (Å²) in [5.41, 5.74) is 5.37. The van der Waals surface area contributed by atoms with Crippen molar-refractivity contribution in [2.75, 3.05) is 0 Å². The van der Waals surface area contributed by atoms with E-state index in [4.69, 9.17) is 10.8 Å². The summed E-state index contributed by atoms with van der Waals surface area (Å²) in [5, 5.41) is 9.06. The van der Waals surface area contributed by atoms with Crippen LogP contribution in [0.25, 0.3) is 0 Å². The van der Waals surface area contributed by atoms with E-state index >= 15 is 0 Å². The topological polar surface area (TPSA) is 46.2 Å². The van der Waals surface area contributed by atoms with Crippen LogP contribution in [-0.2, 0) is 5.54 Å².